The zero-order valence-corrected chi connectivity index (χ0v) is 14.1. The normalized spacial score (nSPS) is 16.7. The Labute approximate surface area is 137 Å². The number of hydrogen-bond donors (Lipinski definition) is 2. The maximum Gasteiger partial charge on any atom is 0.263 e. The Morgan fingerprint density at radius 1 is 1.52 bits per heavy atom. The summed E-state index contributed by atoms with van der Waals surface area (Å²) in [6.07, 6.45) is 5.70. The molecule has 0 aliphatic heterocycles. The first-order chi connectivity index (χ1) is 10.1. The first kappa shape index (κ1) is 15.0. The van der Waals surface area contributed by atoms with Crippen molar-refractivity contribution in [3.8, 4) is 0 Å². The Kier molecular flexibility index (Phi) is 4.08. The predicted octanol–water partition coefficient (Wildman–Crippen LogP) is 4.15. The number of rotatable bonds is 4. The van der Waals surface area contributed by atoms with Crippen LogP contribution in [0.15, 0.2) is 18.2 Å². The second kappa shape index (κ2) is 5.71. The fraction of sp³-hybridized carbons (Fsp3) is 0.400. The van der Waals surface area contributed by atoms with Crippen LogP contribution in [0.5, 0.6) is 0 Å². The third kappa shape index (κ3) is 2.62. The topological polar surface area (TPSA) is 55.1 Å². The number of hydrogen-bond acceptors (Lipinski definition) is 4. The van der Waals surface area contributed by atoms with Gasteiger partial charge in [0.1, 0.15) is 4.88 Å². The third-order valence-electron chi connectivity index (χ3n) is 4.18. The molecule has 112 valence electrons. The van der Waals surface area contributed by atoms with E-state index in [0.717, 1.165) is 10.1 Å². The fourth-order valence-corrected chi connectivity index (χ4v) is 4.95. The molecule has 1 aliphatic rings. The lowest BCUT2D eigenvalue weighted by atomic mass is 9.84. The molecule has 21 heavy (non-hydrogen) atoms. The lowest BCUT2D eigenvalue weighted by molar-refractivity contribution is 0.0949. The summed E-state index contributed by atoms with van der Waals surface area (Å²) in [6.45, 7) is 0.703. The minimum atomic E-state index is -0.0925. The van der Waals surface area contributed by atoms with E-state index in [2.05, 4.69) is 11.6 Å². The van der Waals surface area contributed by atoms with Crippen LogP contribution in [0.25, 0.3) is 10.1 Å². The zero-order valence-electron chi connectivity index (χ0n) is 11.7. The van der Waals surface area contributed by atoms with Gasteiger partial charge in [0.2, 0.25) is 0 Å². The lowest BCUT2D eigenvalue weighted by Gasteiger charge is -2.40. The standard InChI is InChI=1S/C15H17ClN2OS2/c1-20-15(6-3-7-15)8-18-14(19)13-12(17)11-9(16)4-2-5-10(11)21-13/h2,4-5H,3,6-8,17H2,1H3,(H,18,19). The van der Waals surface area contributed by atoms with Crippen LogP contribution in [0.1, 0.15) is 28.9 Å². The van der Waals surface area contributed by atoms with Gasteiger partial charge < -0.3 is 11.1 Å². The molecule has 1 aromatic heterocycles. The Hall–Kier alpha value is -0.910. The smallest absolute Gasteiger partial charge is 0.263 e. The zero-order chi connectivity index (χ0) is 15.0. The lowest BCUT2D eigenvalue weighted by Crippen LogP contribution is -2.45. The molecule has 3 nitrogen and oxygen atoms in total. The highest BCUT2D eigenvalue weighted by molar-refractivity contribution is 8.00. The summed E-state index contributed by atoms with van der Waals surface area (Å²) in [5.74, 6) is -0.0925. The van der Waals surface area contributed by atoms with Crippen molar-refractivity contribution in [1.29, 1.82) is 0 Å². The van der Waals surface area contributed by atoms with Crippen LogP contribution in [-0.4, -0.2) is 23.5 Å². The quantitative estimate of drug-likeness (QED) is 0.879. The fourth-order valence-electron chi connectivity index (χ4n) is 2.64. The number of thiophene rings is 1. The molecular formula is C15H17ClN2OS2. The van der Waals surface area contributed by atoms with Crippen molar-refractivity contribution in [3.05, 3.63) is 28.1 Å². The highest BCUT2D eigenvalue weighted by atomic mass is 35.5. The number of carbonyl (C=O) groups is 1. The number of carbonyl (C=O) groups excluding carboxylic acids is 1. The molecule has 1 aliphatic carbocycles. The Morgan fingerprint density at radius 3 is 2.86 bits per heavy atom. The van der Waals surface area contributed by atoms with Gasteiger partial charge in [0.15, 0.2) is 0 Å². The van der Waals surface area contributed by atoms with Crippen LogP contribution >= 0.6 is 34.7 Å². The summed E-state index contributed by atoms with van der Waals surface area (Å²) in [5, 5.41) is 4.43. The molecule has 3 rings (SSSR count). The van der Waals surface area contributed by atoms with Gasteiger partial charge in [0.05, 0.1) is 10.7 Å². The highest BCUT2D eigenvalue weighted by Crippen LogP contribution is 2.42. The van der Waals surface area contributed by atoms with E-state index < -0.39 is 0 Å². The van der Waals surface area contributed by atoms with Crippen molar-refractivity contribution in [3.63, 3.8) is 0 Å². The monoisotopic (exact) mass is 340 g/mol. The predicted molar refractivity (Wildman–Crippen MR) is 93.7 cm³/mol. The van der Waals surface area contributed by atoms with Crippen molar-refractivity contribution < 1.29 is 4.79 Å². The molecule has 1 amide bonds. The summed E-state index contributed by atoms with van der Waals surface area (Å²) in [4.78, 5) is 13.0. The van der Waals surface area contributed by atoms with E-state index >= 15 is 0 Å². The number of thioether (sulfide) groups is 1. The van der Waals surface area contributed by atoms with Gasteiger partial charge in [-0.05, 0) is 31.2 Å². The second-order valence-corrected chi connectivity index (χ2v) is 8.11. The van der Waals surface area contributed by atoms with Gasteiger partial charge in [0.25, 0.3) is 5.91 Å². The van der Waals surface area contributed by atoms with E-state index in [1.807, 2.05) is 23.9 Å². The van der Waals surface area contributed by atoms with Crippen molar-refractivity contribution >= 4 is 56.4 Å². The maximum atomic E-state index is 12.4. The van der Waals surface area contributed by atoms with E-state index in [9.17, 15) is 4.79 Å². The van der Waals surface area contributed by atoms with E-state index in [1.54, 1.807) is 6.07 Å². The summed E-state index contributed by atoms with van der Waals surface area (Å²) >= 11 is 9.42. The van der Waals surface area contributed by atoms with Crippen molar-refractivity contribution in [1.82, 2.24) is 5.32 Å². The molecule has 0 radical (unpaired) electrons. The van der Waals surface area contributed by atoms with E-state index in [0.29, 0.717) is 22.1 Å². The molecule has 1 heterocycles. The van der Waals surface area contributed by atoms with Crippen LogP contribution in [-0.2, 0) is 0 Å². The summed E-state index contributed by atoms with van der Waals surface area (Å²) in [7, 11) is 0. The number of amides is 1. The molecule has 0 spiro atoms. The molecule has 0 bridgehead atoms. The van der Waals surface area contributed by atoms with Crippen LogP contribution in [0.2, 0.25) is 5.02 Å². The van der Waals surface area contributed by atoms with Gasteiger partial charge in [-0.15, -0.1) is 11.3 Å². The van der Waals surface area contributed by atoms with Gasteiger partial charge >= 0.3 is 0 Å². The molecule has 3 N–H and O–H groups in total. The largest absolute Gasteiger partial charge is 0.397 e. The first-order valence-electron chi connectivity index (χ1n) is 6.86. The Morgan fingerprint density at radius 2 is 2.29 bits per heavy atom. The van der Waals surface area contributed by atoms with Gasteiger partial charge in [0, 0.05) is 21.4 Å². The van der Waals surface area contributed by atoms with Crippen LogP contribution in [0, 0.1) is 0 Å². The first-order valence-corrected chi connectivity index (χ1v) is 9.28. The van der Waals surface area contributed by atoms with Gasteiger partial charge in [-0.3, -0.25) is 4.79 Å². The van der Waals surface area contributed by atoms with Crippen LogP contribution < -0.4 is 11.1 Å². The summed E-state index contributed by atoms with van der Waals surface area (Å²) in [5.41, 5.74) is 6.61. The number of halogens is 1. The molecule has 1 aromatic carbocycles. The number of anilines is 1. The van der Waals surface area contributed by atoms with E-state index in [4.69, 9.17) is 17.3 Å². The van der Waals surface area contributed by atoms with Crippen LogP contribution in [0.4, 0.5) is 5.69 Å². The average molecular weight is 341 g/mol. The van der Waals surface area contributed by atoms with Gasteiger partial charge in [-0.2, -0.15) is 11.8 Å². The molecule has 6 heteroatoms. The summed E-state index contributed by atoms with van der Waals surface area (Å²) < 4.78 is 1.17. The second-order valence-electron chi connectivity index (χ2n) is 5.38. The SMILES string of the molecule is CSC1(CNC(=O)c2sc3cccc(Cl)c3c2N)CCC1. The molecule has 2 aromatic rings. The molecule has 0 atom stereocenters. The Bertz CT molecular complexity index is 689. The van der Waals surface area contributed by atoms with Crippen LogP contribution in [0.3, 0.4) is 0 Å². The molecule has 0 saturated heterocycles. The number of nitrogen functional groups attached to an aromatic ring is 1. The molecule has 1 fully saturated rings. The Balaban J connectivity index is 1.82. The van der Waals surface area contributed by atoms with Crippen molar-refractivity contribution in [2.45, 2.75) is 24.0 Å². The summed E-state index contributed by atoms with van der Waals surface area (Å²) in [6, 6.07) is 5.61. The molecule has 0 unspecified atom stereocenters. The number of fused-ring (bicyclic) bond motifs is 1. The highest BCUT2D eigenvalue weighted by Gasteiger charge is 2.36. The number of benzene rings is 1. The molecular weight excluding hydrogens is 324 g/mol. The number of nitrogens with one attached hydrogen (secondary N) is 1. The van der Waals surface area contributed by atoms with E-state index in [-0.39, 0.29) is 10.7 Å². The number of nitrogens with two attached hydrogens (primary N) is 1. The molecule has 1 saturated carbocycles. The van der Waals surface area contributed by atoms with Gasteiger partial charge in [-0.25, -0.2) is 0 Å². The van der Waals surface area contributed by atoms with E-state index in [1.165, 1.54) is 30.6 Å². The van der Waals surface area contributed by atoms with Crippen molar-refractivity contribution in [2.75, 3.05) is 18.5 Å². The van der Waals surface area contributed by atoms with Gasteiger partial charge in [-0.1, -0.05) is 24.1 Å². The third-order valence-corrected chi connectivity index (χ3v) is 7.08. The minimum Gasteiger partial charge on any atom is -0.397 e. The minimum absolute atomic E-state index is 0.0925. The van der Waals surface area contributed by atoms with Crippen molar-refractivity contribution in [2.24, 2.45) is 0 Å². The maximum absolute atomic E-state index is 12.4. The average Bonchev–Trinajstić information content (AvgIpc) is 2.76.